The Labute approximate surface area is 178 Å². The van der Waals surface area contributed by atoms with Crippen LogP contribution in [0.2, 0.25) is 10.0 Å². The van der Waals surface area contributed by atoms with Crippen LogP contribution in [0.4, 0.5) is 4.39 Å². The standard InChI is InChI=1S/C20H21Cl2FN2O2S/c1-13(20(27)24-2)25(10-16-17(21)4-3-5-18(16)22)19(26)12-28-11-14-6-8-15(23)9-7-14/h3-9,13H,10-12H2,1-2H3,(H,24,27)/t13-/m0/s1. The molecule has 0 bridgehead atoms. The van der Waals surface area contributed by atoms with Crippen LogP contribution in [-0.2, 0) is 21.9 Å². The van der Waals surface area contributed by atoms with E-state index >= 15 is 0 Å². The largest absolute Gasteiger partial charge is 0.357 e. The number of rotatable bonds is 8. The molecule has 0 aliphatic carbocycles. The fourth-order valence-electron chi connectivity index (χ4n) is 2.56. The summed E-state index contributed by atoms with van der Waals surface area (Å²) in [5.74, 6) is -0.0618. The third-order valence-corrected chi connectivity index (χ3v) is 5.91. The van der Waals surface area contributed by atoms with E-state index in [1.54, 1.807) is 37.3 Å². The van der Waals surface area contributed by atoms with Crippen molar-refractivity contribution in [1.82, 2.24) is 10.2 Å². The van der Waals surface area contributed by atoms with Crippen molar-refractivity contribution < 1.29 is 14.0 Å². The van der Waals surface area contributed by atoms with E-state index in [0.717, 1.165) is 5.56 Å². The summed E-state index contributed by atoms with van der Waals surface area (Å²) in [7, 11) is 1.52. The van der Waals surface area contributed by atoms with Crippen molar-refractivity contribution in [2.75, 3.05) is 12.8 Å². The maximum Gasteiger partial charge on any atom is 0.242 e. The van der Waals surface area contributed by atoms with Gasteiger partial charge in [-0.15, -0.1) is 11.8 Å². The Morgan fingerprint density at radius 3 is 2.32 bits per heavy atom. The molecule has 2 aromatic carbocycles. The molecule has 0 heterocycles. The Balaban J connectivity index is 2.10. The van der Waals surface area contributed by atoms with Gasteiger partial charge in [-0.3, -0.25) is 9.59 Å². The summed E-state index contributed by atoms with van der Waals surface area (Å²) in [6, 6.07) is 10.6. The first-order chi connectivity index (χ1) is 13.3. The molecule has 1 N–H and O–H groups in total. The highest BCUT2D eigenvalue weighted by Gasteiger charge is 2.26. The zero-order valence-electron chi connectivity index (χ0n) is 15.5. The predicted molar refractivity (Wildman–Crippen MR) is 113 cm³/mol. The summed E-state index contributed by atoms with van der Waals surface area (Å²) in [5, 5.41) is 3.44. The Hall–Kier alpha value is -1.76. The Morgan fingerprint density at radius 2 is 1.75 bits per heavy atom. The molecule has 1 atom stereocenters. The summed E-state index contributed by atoms with van der Waals surface area (Å²) in [6.07, 6.45) is 0. The zero-order valence-corrected chi connectivity index (χ0v) is 17.9. The first-order valence-corrected chi connectivity index (χ1v) is 10.5. The number of nitrogens with one attached hydrogen (secondary N) is 1. The third kappa shape index (κ3) is 6.12. The number of amides is 2. The summed E-state index contributed by atoms with van der Waals surface area (Å²) < 4.78 is 13.0. The van der Waals surface area contributed by atoms with Crippen molar-refractivity contribution in [3.8, 4) is 0 Å². The van der Waals surface area contributed by atoms with Gasteiger partial charge in [0, 0.05) is 35.0 Å². The van der Waals surface area contributed by atoms with E-state index in [9.17, 15) is 14.0 Å². The highest BCUT2D eigenvalue weighted by molar-refractivity contribution is 7.99. The van der Waals surface area contributed by atoms with E-state index in [-0.39, 0.29) is 29.9 Å². The number of hydrogen-bond acceptors (Lipinski definition) is 3. The number of benzene rings is 2. The van der Waals surface area contributed by atoms with Crippen LogP contribution in [-0.4, -0.2) is 35.6 Å². The molecule has 8 heteroatoms. The fourth-order valence-corrected chi connectivity index (χ4v) is 3.95. The maximum absolute atomic E-state index is 13.0. The predicted octanol–water partition coefficient (Wildman–Crippen LogP) is 4.53. The minimum absolute atomic E-state index is 0.128. The molecule has 0 fully saturated rings. The van der Waals surface area contributed by atoms with Crippen molar-refractivity contribution in [2.45, 2.75) is 25.3 Å². The molecule has 0 saturated heterocycles. The molecular weight excluding hydrogens is 422 g/mol. The number of hydrogen-bond donors (Lipinski definition) is 1. The molecule has 0 radical (unpaired) electrons. The van der Waals surface area contributed by atoms with Crippen LogP contribution < -0.4 is 5.32 Å². The minimum Gasteiger partial charge on any atom is -0.357 e. The molecule has 150 valence electrons. The Bertz CT molecular complexity index is 813. The van der Waals surface area contributed by atoms with Crippen LogP contribution in [0.3, 0.4) is 0 Å². The molecular formula is C20H21Cl2FN2O2S. The number of thioether (sulfide) groups is 1. The molecule has 4 nitrogen and oxygen atoms in total. The van der Waals surface area contributed by atoms with Crippen molar-refractivity contribution in [2.24, 2.45) is 0 Å². The van der Waals surface area contributed by atoms with Crippen LogP contribution >= 0.6 is 35.0 Å². The van der Waals surface area contributed by atoms with Gasteiger partial charge in [-0.25, -0.2) is 4.39 Å². The van der Waals surface area contributed by atoms with E-state index in [2.05, 4.69) is 5.32 Å². The van der Waals surface area contributed by atoms with Crippen LogP contribution in [0.25, 0.3) is 0 Å². The van der Waals surface area contributed by atoms with Crippen LogP contribution in [0, 0.1) is 5.82 Å². The van der Waals surface area contributed by atoms with Crippen LogP contribution in [0.5, 0.6) is 0 Å². The molecule has 0 aromatic heterocycles. The fraction of sp³-hybridized carbons (Fsp3) is 0.300. The topological polar surface area (TPSA) is 49.4 Å². The normalized spacial score (nSPS) is 11.8. The number of likely N-dealkylation sites (N-methyl/N-ethyl adjacent to an activating group) is 1. The van der Waals surface area contributed by atoms with E-state index in [4.69, 9.17) is 23.2 Å². The SMILES string of the molecule is CNC(=O)[C@H](C)N(Cc1c(Cl)cccc1Cl)C(=O)CSCc1ccc(F)cc1. The summed E-state index contributed by atoms with van der Waals surface area (Å²) in [5.41, 5.74) is 1.51. The van der Waals surface area contributed by atoms with Crippen molar-refractivity contribution in [3.05, 3.63) is 69.5 Å². The van der Waals surface area contributed by atoms with Gasteiger partial charge in [-0.1, -0.05) is 41.4 Å². The van der Waals surface area contributed by atoms with E-state index in [0.29, 0.717) is 21.4 Å². The Morgan fingerprint density at radius 1 is 1.14 bits per heavy atom. The summed E-state index contributed by atoms with van der Waals surface area (Å²) >= 11 is 13.9. The monoisotopic (exact) mass is 442 g/mol. The van der Waals surface area contributed by atoms with E-state index < -0.39 is 6.04 Å². The highest BCUT2D eigenvalue weighted by Crippen LogP contribution is 2.27. The second-order valence-corrected chi connectivity index (χ2v) is 7.93. The van der Waals surface area contributed by atoms with Gasteiger partial charge in [0.1, 0.15) is 11.9 Å². The molecule has 0 saturated carbocycles. The molecule has 0 spiro atoms. The lowest BCUT2D eigenvalue weighted by molar-refractivity contribution is -0.138. The van der Waals surface area contributed by atoms with Gasteiger partial charge in [0.25, 0.3) is 0 Å². The van der Waals surface area contributed by atoms with Gasteiger partial charge in [0.05, 0.1) is 5.75 Å². The number of carbonyl (C=O) groups excluding carboxylic acids is 2. The van der Waals surface area contributed by atoms with Crippen LogP contribution in [0.1, 0.15) is 18.1 Å². The molecule has 2 amide bonds. The van der Waals surface area contributed by atoms with Crippen molar-refractivity contribution in [1.29, 1.82) is 0 Å². The van der Waals surface area contributed by atoms with Crippen LogP contribution in [0.15, 0.2) is 42.5 Å². The van der Waals surface area contributed by atoms with Gasteiger partial charge >= 0.3 is 0 Å². The first kappa shape index (κ1) is 22.5. The summed E-state index contributed by atoms with van der Waals surface area (Å²) in [4.78, 5) is 26.4. The average molecular weight is 443 g/mol. The molecule has 0 aliphatic heterocycles. The number of carbonyl (C=O) groups is 2. The van der Waals surface area contributed by atoms with Crippen molar-refractivity contribution in [3.63, 3.8) is 0 Å². The molecule has 2 aromatic rings. The zero-order chi connectivity index (χ0) is 20.7. The van der Waals surface area contributed by atoms with Crippen molar-refractivity contribution >= 4 is 46.8 Å². The van der Waals surface area contributed by atoms with E-state index in [1.165, 1.54) is 35.8 Å². The number of halogens is 3. The quantitative estimate of drug-likeness (QED) is 0.653. The molecule has 28 heavy (non-hydrogen) atoms. The third-order valence-electron chi connectivity index (χ3n) is 4.21. The second kappa shape index (κ2) is 10.7. The van der Waals surface area contributed by atoms with E-state index in [1.807, 2.05) is 0 Å². The average Bonchev–Trinajstić information content (AvgIpc) is 2.68. The highest BCUT2D eigenvalue weighted by atomic mass is 35.5. The van der Waals surface area contributed by atoms with Gasteiger partial charge in [0.15, 0.2) is 0 Å². The summed E-state index contributed by atoms with van der Waals surface area (Å²) in [6.45, 7) is 1.79. The van der Waals surface area contributed by atoms with Gasteiger partial charge < -0.3 is 10.2 Å². The second-order valence-electron chi connectivity index (χ2n) is 6.13. The molecule has 2 rings (SSSR count). The lowest BCUT2D eigenvalue weighted by Crippen LogP contribution is -2.47. The van der Waals surface area contributed by atoms with Gasteiger partial charge in [-0.2, -0.15) is 0 Å². The lowest BCUT2D eigenvalue weighted by atomic mass is 10.1. The van der Waals surface area contributed by atoms with Gasteiger partial charge in [0.2, 0.25) is 11.8 Å². The Kier molecular flexibility index (Phi) is 8.60. The molecule has 0 aliphatic rings. The first-order valence-electron chi connectivity index (χ1n) is 8.59. The maximum atomic E-state index is 13.0. The molecule has 0 unspecified atom stereocenters. The minimum atomic E-state index is -0.684. The number of nitrogens with zero attached hydrogens (tertiary/aromatic N) is 1. The van der Waals surface area contributed by atoms with Gasteiger partial charge in [-0.05, 0) is 36.8 Å². The lowest BCUT2D eigenvalue weighted by Gasteiger charge is -2.29. The smallest absolute Gasteiger partial charge is 0.242 e.